The Kier molecular flexibility index (Phi) is 4.90. The molecule has 0 saturated heterocycles. The van der Waals surface area contributed by atoms with E-state index in [0.717, 1.165) is 29.8 Å². The molecule has 0 fully saturated rings. The number of hydrogen-bond donors (Lipinski definition) is 3. The summed E-state index contributed by atoms with van der Waals surface area (Å²) >= 11 is 0. The number of carbonyl (C=O) groups is 1. The van der Waals surface area contributed by atoms with Crippen molar-refractivity contribution in [3.8, 4) is 0 Å². The lowest BCUT2D eigenvalue weighted by atomic mass is 10.1. The number of hydrogen-bond acceptors (Lipinski definition) is 4. The number of nitrogens with two attached hydrogens (primary N) is 1. The van der Waals surface area contributed by atoms with Gasteiger partial charge in [-0.1, -0.05) is 31.0 Å². The van der Waals surface area contributed by atoms with Gasteiger partial charge in [-0.3, -0.25) is 4.79 Å². The van der Waals surface area contributed by atoms with Crippen LogP contribution in [0.4, 0.5) is 11.5 Å². The van der Waals surface area contributed by atoms with Gasteiger partial charge < -0.3 is 10.7 Å². The molecule has 0 unspecified atom stereocenters. The van der Waals surface area contributed by atoms with Crippen LogP contribution in [0.5, 0.6) is 0 Å². The van der Waals surface area contributed by atoms with Crippen LogP contribution in [0.25, 0.3) is 0 Å². The Balaban J connectivity index is 2.21. The van der Waals surface area contributed by atoms with E-state index in [1.54, 1.807) is 12.1 Å². The molecule has 5 nitrogen and oxygen atoms in total. The third kappa shape index (κ3) is 4.03. The summed E-state index contributed by atoms with van der Waals surface area (Å²) in [6.07, 6.45) is 1.76. The zero-order chi connectivity index (χ0) is 15.2. The minimum Gasteiger partial charge on any atom is -0.322 e. The molecule has 4 N–H and O–H groups in total. The number of benzene rings is 1. The fourth-order valence-electron chi connectivity index (χ4n) is 2.02. The molecule has 1 amide bonds. The lowest BCUT2D eigenvalue weighted by molar-refractivity contribution is 0.102. The molecule has 0 atom stereocenters. The number of hydrazine groups is 1. The van der Waals surface area contributed by atoms with Gasteiger partial charge in [-0.2, -0.15) is 0 Å². The molecule has 0 bridgehead atoms. The molecular weight excluding hydrogens is 264 g/mol. The molecule has 1 aromatic heterocycles. The lowest BCUT2D eigenvalue weighted by Crippen LogP contribution is -2.15. The molecule has 5 heteroatoms. The molecule has 0 aliphatic carbocycles. The largest absolute Gasteiger partial charge is 0.322 e. The van der Waals surface area contributed by atoms with Crippen LogP contribution < -0.4 is 16.6 Å². The minimum atomic E-state index is -0.171. The van der Waals surface area contributed by atoms with E-state index in [4.69, 9.17) is 5.84 Å². The number of nitrogen functional groups attached to an aromatic ring is 1. The first-order chi connectivity index (χ1) is 10.1. The normalized spacial score (nSPS) is 10.2. The second kappa shape index (κ2) is 6.85. The fraction of sp³-hybridized carbons (Fsp3) is 0.250. The number of anilines is 2. The zero-order valence-corrected chi connectivity index (χ0v) is 12.3. The number of aromatic nitrogens is 1. The van der Waals surface area contributed by atoms with Gasteiger partial charge in [0.1, 0.15) is 5.82 Å². The highest BCUT2D eigenvalue weighted by Crippen LogP contribution is 2.15. The summed E-state index contributed by atoms with van der Waals surface area (Å²) in [7, 11) is 0. The number of nitrogens with zero attached hydrogens (tertiary/aromatic N) is 1. The van der Waals surface area contributed by atoms with Crippen molar-refractivity contribution in [1.29, 1.82) is 0 Å². The van der Waals surface area contributed by atoms with Crippen LogP contribution in [0, 0.1) is 6.92 Å². The van der Waals surface area contributed by atoms with Gasteiger partial charge >= 0.3 is 0 Å². The van der Waals surface area contributed by atoms with Gasteiger partial charge in [-0.25, -0.2) is 10.8 Å². The lowest BCUT2D eigenvalue weighted by Gasteiger charge is -2.09. The molecule has 2 aromatic rings. The minimum absolute atomic E-state index is 0.171. The highest BCUT2D eigenvalue weighted by atomic mass is 16.1. The van der Waals surface area contributed by atoms with Gasteiger partial charge in [-0.05, 0) is 37.6 Å². The van der Waals surface area contributed by atoms with E-state index in [0.29, 0.717) is 11.4 Å². The SMILES string of the molecule is CCCc1cc(C(=O)Nc2ccc(C)cc2)cc(NN)n1. The summed E-state index contributed by atoms with van der Waals surface area (Å²) in [5.74, 6) is 5.73. The second-order valence-corrected chi connectivity index (χ2v) is 4.95. The van der Waals surface area contributed by atoms with E-state index in [9.17, 15) is 4.79 Å². The molecule has 110 valence electrons. The number of pyridine rings is 1. The smallest absolute Gasteiger partial charge is 0.255 e. The first kappa shape index (κ1) is 15.0. The van der Waals surface area contributed by atoms with E-state index in [1.807, 2.05) is 31.2 Å². The van der Waals surface area contributed by atoms with Gasteiger partial charge in [0.15, 0.2) is 0 Å². The quantitative estimate of drug-likeness (QED) is 0.582. The molecule has 1 aromatic carbocycles. The van der Waals surface area contributed by atoms with Crippen LogP contribution >= 0.6 is 0 Å². The Morgan fingerprint density at radius 1 is 1.24 bits per heavy atom. The third-order valence-electron chi connectivity index (χ3n) is 3.10. The average molecular weight is 284 g/mol. The monoisotopic (exact) mass is 284 g/mol. The van der Waals surface area contributed by atoms with Gasteiger partial charge in [0.05, 0.1) is 0 Å². The Bertz CT molecular complexity index is 623. The molecule has 1 heterocycles. The van der Waals surface area contributed by atoms with Crippen LogP contribution in [0.3, 0.4) is 0 Å². The topological polar surface area (TPSA) is 80.0 Å². The molecule has 0 aliphatic heterocycles. The summed E-state index contributed by atoms with van der Waals surface area (Å²) in [4.78, 5) is 16.6. The Hall–Kier alpha value is -2.40. The number of aryl methyl sites for hydroxylation is 2. The van der Waals surface area contributed by atoms with Gasteiger partial charge in [0.2, 0.25) is 0 Å². The number of rotatable bonds is 5. The van der Waals surface area contributed by atoms with E-state index in [1.165, 1.54) is 0 Å². The maximum absolute atomic E-state index is 12.3. The van der Waals surface area contributed by atoms with Crippen molar-refractivity contribution in [2.75, 3.05) is 10.7 Å². The van der Waals surface area contributed by atoms with E-state index >= 15 is 0 Å². The highest BCUT2D eigenvalue weighted by Gasteiger charge is 2.10. The Labute approximate surface area is 124 Å². The fourth-order valence-corrected chi connectivity index (χ4v) is 2.02. The van der Waals surface area contributed by atoms with Crippen LogP contribution in [-0.2, 0) is 6.42 Å². The van der Waals surface area contributed by atoms with E-state index < -0.39 is 0 Å². The van der Waals surface area contributed by atoms with Crippen LogP contribution in [0.1, 0.15) is 35.0 Å². The number of nitrogens with one attached hydrogen (secondary N) is 2. The van der Waals surface area contributed by atoms with Crippen molar-refractivity contribution in [2.24, 2.45) is 5.84 Å². The van der Waals surface area contributed by atoms with Gasteiger partial charge in [0, 0.05) is 16.9 Å². The van der Waals surface area contributed by atoms with Crippen molar-refractivity contribution in [3.63, 3.8) is 0 Å². The van der Waals surface area contributed by atoms with E-state index in [2.05, 4.69) is 22.7 Å². The summed E-state index contributed by atoms with van der Waals surface area (Å²) in [5.41, 5.74) is 5.81. The number of carbonyl (C=O) groups excluding carboxylic acids is 1. The first-order valence-corrected chi connectivity index (χ1v) is 6.98. The van der Waals surface area contributed by atoms with Crippen molar-refractivity contribution in [2.45, 2.75) is 26.7 Å². The molecule has 2 rings (SSSR count). The van der Waals surface area contributed by atoms with Crippen LogP contribution in [0.2, 0.25) is 0 Å². The van der Waals surface area contributed by atoms with Crippen molar-refractivity contribution >= 4 is 17.4 Å². The van der Waals surface area contributed by atoms with Crippen LogP contribution in [-0.4, -0.2) is 10.9 Å². The van der Waals surface area contributed by atoms with Crippen molar-refractivity contribution < 1.29 is 4.79 Å². The standard InChI is InChI=1S/C16H20N4O/c1-3-4-14-9-12(10-15(18-14)20-17)16(21)19-13-7-5-11(2)6-8-13/h5-10H,3-4,17H2,1-2H3,(H,18,20)(H,19,21). The first-order valence-electron chi connectivity index (χ1n) is 6.98. The Morgan fingerprint density at radius 3 is 2.57 bits per heavy atom. The summed E-state index contributed by atoms with van der Waals surface area (Å²) in [5, 5.41) is 2.87. The number of amides is 1. The maximum atomic E-state index is 12.3. The Morgan fingerprint density at radius 2 is 1.95 bits per heavy atom. The molecule has 0 radical (unpaired) electrons. The third-order valence-corrected chi connectivity index (χ3v) is 3.10. The summed E-state index contributed by atoms with van der Waals surface area (Å²) in [6.45, 7) is 4.07. The van der Waals surface area contributed by atoms with Crippen molar-refractivity contribution in [3.05, 3.63) is 53.2 Å². The summed E-state index contributed by atoms with van der Waals surface area (Å²) in [6, 6.07) is 11.1. The zero-order valence-electron chi connectivity index (χ0n) is 12.3. The maximum Gasteiger partial charge on any atom is 0.255 e. The summed E-state index contributed by atoms with van der Waals surface area (Å²) < 4.78 is 0. The van der Waals surface area contributed by atoms with Crippen molar-refractivity contribution in [1.82, 2.24) is 4.98 Å². The molecule has 0 spiro atoms. The molecule has 0 saturated carbocycles. The predicted octanol–water partition coefficient (Wildman–Crippen LogP) is 2.88. The molecule has 21 heavy (non-hydrogen) atoms. The van der Waals surface area contributed by atoms with Crippen LogP contribution in [0.15, 0.2) is 36.4 Å². The van der Waals surface area contributed by atoms with Gasteiger partial charge in [-0.15, -0.1) is 0 Å². The van der Waals surface area contributed by atoms with E-state index in [-0.39, 0.29) is 5.91 Å². The molecule has 0 aliphatic rings. The second-order valence-electron chi connectivity index (χ2n) is 4.95. The average Bonchev–Trinajstić information content (AvgIpc) is 2.49. The predicted molar refractivity (Wildman–Crippen MR) is 85.2 cm³/mol. The van der Waals surface area contributed by atoms with Gasteiger partial charge in [0.25, 0.3) is 5.91 Å². The molecular formula is C16H20N4O. The highest BCUT2D eigenvalue weighted by molar-refractivity contribution is 6.04.